The lowest BCUT2D eigenvalue weighted by Gasteiger charge is -2.21. The zero-order chi connectivity index (χ0) is 21.0. The van der Waals surface area contributed by atoms with Gasteiger partial charge in [-0.05, 0) is 56.2 Å². The molecule has 0 radical (unpaired) electrons. The zero-order valence-electron chi connectivity index (χ0n) is 16.2. The van der Waals surface area contributed by atoms with E-state index in [2.05, 4.69) is 11.4 Å². The van der Waals surface area contributed by atoms with Gasteiger partial charge in [-0.1, -0.05) is 18.2 Å². The van der Waals surface area contributed by atoms with E-state index in [-0.39, 0.29) is 16.7 Å². The molecule has 150 valence electrons. The number of nitrogens with zero attached hydrogens (tertiary/aromatic N) is 1. The van der Waals surface area contributed by atoms with Crippen LogP contribution in [0.25, 0.3) is 0 Å². The molecule has 2 N–H and O–H groups in total. The molecule has 0 bridgehead atoms. The van der Waals surface area contributed by atoms with Crippen LogP contribution in [0.15, 0.2) is 65.1 Å². The summed E-state index contributed by atoms with van der Waals surface area (Å²) in [6.45, 7) is 3.96. The molecule has 2 aromatic carbocycles. The first-order valence-electron chi connectivity index (χ1n) is 9.23. The van der Waals surface area contributed by atoms with Gasteiger partial charge in [0.1, 0.15) is 0 Å². The van der Waals surface area contributed by atoms with Gasteiger partial charge in [0.15, 0.2) is 0 Å². The van der Waals surface area contributed by atoms with Crippen molar-refractivity contribution >= 4 is 40.9 Å². The minimum Gasteiger partial charge on any atom is -0.478 e. The lowest BCUT2D eigenvalue weighted by Crippen LogP contribution is -2.35. The molecule has 1 aliphatic heterocycles. The number of fused-ring (bicyclic) bond motifs is 1. The van der Waals surface area contributed by atoms with E-state index in [9.17, 15) is 14.4 Å². The number of rotatable bonds is 6. The minimum absolute atomic E-state index is 0.0366. The average Bonchev–Trinajstić information content (AvgIpc) is 3.12. The van der Waals surface area contributed by atoms with Gasteiger partial charge in [-0.15, -0.1) is 11.8 Å². The molecule has 2 amide bonds. The molecule has 2 aromatic rings. The number of carboxylic acids is 1. The third-order valence-electron chi connectivity index (χ3n) is 4.62. The maximum Gasteiger partial charge on any atom is 0.331 e. The van der Waals surface area contributed by atoms with E-state index < -0.39 is 11.9 Å². The maximum atomic E-state index is 12.9. The predicted molar refractivity (Wildman–Crippen MR) is 114 cm³/mol. The number of para-hydroxylation sites is 1. The molecule has 0 aliphatic carbocycles. The fraction of sp³-hybridized carbons (Fsp3) is 0.227. The summed E-state index contributed by atoms with van der Waals surface area (Å²) >= 11 is 1.46. The normalized spacial score (nSPS) is 14.3. The second-order valence-corrected chi connectivity index (χ2v) is 8.19. The average molecular weight is 410 g/mol. The summed E-state index contributed by atoms with van der Waals surface area (Å²) in [4.78, 5) is 38.2. The Morgan fingerprint density at radius 3 is 2.52 bits per heavy atom. The number of amides is 2. The van der Waals surface area contributed by atoms with Crippen LogP contribution in [0.1, 0.15) is 19.4 Å². The molecule has 1 heterocycles. The highest BCUT2D eigenvalue weighted by atomic mass is 32.2. The van der Waals surface area contributed by atoms with Crippen LogP contribution in [0.2, 0.25) is 0 Å². The first-order valence-corrected chi connectivity index (χ1v) is 10.1. The highest BCUT2D eigenvalue weighted by Gasteiger charge is 2.28. The number of carbonyl (C=O) groups excluding carboxylic acids is 2. The number of thioether (sulfide) groups is 1. The molecule has 1 atom stereocenters. The second kappa shape index (κ2) is 8.96. The Kier molecular flexibility index (Phi) is 6.39. The van der Waals surface area contributed by atoms with Gasteiger partial charge in [0.2, 0.25) is 11.8 Å². The summed E-state index contributed by atoms with van der Waals surface area (Å²) in [7, 11) is 0. The van der Waals surface area contributed by atoms with Crippen molar-refractivity contribution < 1.29 is 19.5 Å². The van der Waals surface area contributed by atoms with Gasteiger partial charge >= 0.3 is 5.97 Å². The Labute approximate surface area is 173 Å². The SMILES string of the molecule is C/C(=C\C(=O)Nc1ccc(S[C@H](C)C(=O)N2CCc3ccccc32)cc1)C(=O)O. The highest BCUT2D eigenvalue weighted by Crippen LogP contribution is 2.32. The van der Waals surface area contributed by atoms with E-state index in [4.69, 9.17) is 5.11 Å². The lowest BCUT2D eigenvalue weighted by atomic mass is 10.2. The number of hydrogen-bond acceptors (Lipinski definition) is 4. The van der Waals surface area contributed by atoms with Crippen LogP contribution in [0.4, 0.5) is 11.4 Å². The molecular formula is C22H22N2O4S. The first-order chi connectivity index (χ1) is 13.8. The van der Waals surface area contributed by atoms with E-state index >= 15 is 0 Å². The Balaban J connectivity index is 1.60. The third kappa shape index (κ3) is 5.06. The van der Waals surface area contributed by atoms with Crippen LogP contribution < -0.4 is 10.2 Å². The van der Waals surface area contributed by atoms with E-state index in [1.165, 1.54) is 24.2 Å². The van der Waals surface area contributed by atoms with Crippen LogP contribution in [-0.2, 0) is 20.8 Å². The van der Waals surface area contributed by atoms with Crippen molar-refractivity contribution in [3.8, 4) is 0 Å². The van der Waals surface area contributed by atoms with Gasteiger partial charge in [-0.3, -0.25) is 9.59 Å². The van der Waals surface area contributed by atoms with Gasteiger partial charge < -0.3 is 15.3 Å². The Morgan fingerprint density at radius 2 is 1.83 bits per heavy atom. The second-order valence-electron chi connectivity index (χ2n) is 6.77. The largest absolute Gasteiger partial charge is 0.478 e. The van der Waals surface area contributed by atoms with Crippen molar-refractivity contribution in [2.24, 2.45) is 0 Å². The highest BCUT2D eigenvalue weighted by molar-refractivity contribution is 8.00. The van der Waals surface area contributed by atoms with Crippen LogP contribution in [0, 0.1) is 0 Å². The standard InChI is InChI=1S/C22H22N2O4S/c1-14(22(27)28)13-20(25)23-17-7-9-18(10-8-17)29-15(2)21(26)24-12-11-16-5-3-4-6-19(16)24/h3-10,13,15H,11-12H2,1-2H3,(H,23,25)(H,27,28)/b14-13+/t15-/m1/s1. The van der Waals surface area contributed by atoms with Crippen LogP contribution in [0.5, 0.6) is 0 Å². The Morgan fingerprint density at radius 1 is 1.14 bits per heavy atom. The predicted octanol–water partition coefficient (Wildman–Crippen LogP) is 3.73. The molecule has 6 nitrogen and oxygen atoms in total. The number of anilines is 2. The molecule has 0 fully saturated rings. The van der Waals surface area contributed by atoms with Gasteiger partial charge in [-0.2, -0.15) is 0 Å². The summed E-state index contributed by atoms with van der Waals surface area (Å²) < 4.78 is 0. The third-order valence-corrected chi connectivity index (χ3v) is 5.72. The number of nitrogens with one attached hydrogen (secondary N) is 1. The fourth-order valence-electron chi connectivity index (χ4n) is 3.09. The van der Waals surface area contributed by atoms with Crippen molar-refractivity contribution in [1.82, 2.24) is 0 Å². The van der Waals surface area contributed by atoms with E-state index in [0.717, 1.165) is 23.1 Å². The summed E-state index contributed by atoms with van der Waals surface area (Å²) in [5.41, 5.74) is 2.71. The van der Waals surface area contributed by atoms with Crippen molar-refractivity contribution in [3.05, 3.63) is 65.7 Å². The van der Waals surface area contributed by atoms with Crippen molar-refractivity contribution in [2.75, 3.05) is 16.8 Å². The fourth-order valence-corrected chi connectivity index (χ4v) is 4.02. The molecule has 0 saturated carbocycles. The number of hydrogen-bond donors (Lipinski definition) is 2. The smallest absolute Gasteiger partial charge is 0.331 e. The summed E-state index contributed by atoms with van der Waals surface area (Å²) in [6.07, 6.45) is 1.92. The maximum absolute atomic E-state index is 12.9. The molecule has 0 spiro atoms. The van der Waals surface area contributed by atoms with Gasteiger partial charge in [-0.25, -0.2) is 4.79 Å². The van der Waals surface area contributed by atoms with Crippen LogP contribution >= 0.6 is 11.8 Å². The molecule has 3 rings (SSSR count). The van der Waals surface area contributed by atoms with Crippen molar-refractivity contribution in [1.29, 1.82) is 0 Å². The molecule has 29 heavy (non-hydrogen) atoms. The monoisotopic (exact) mass is 410 g/mol. The zero-order valence-corrected chi connectivity index (χ0v) is 17.0. The van der Waals surface area contributed by atoms with Crippen molar-refractivity contribution in [2.45, 2.75) is 30.4 Å². The number of carboxylic acid groups (broad SMARTS) is 1. The minimum atomic E-state index is -1.13. The molecule has 0 saturated heterocycles. The lowest BCUT2D eigenvalue weighted by molar-refractivity contribution is -0.132. The van der Waals surface area contributed by atoms with E-state index in [1.54, 1.807) is 12.1 Å². The molecule has 0 unspecified atom stereocenters. The quantitative estimate of drug-likeness (QED) is 0.560. The van der Waals surface area contributed by atoms with Gasteiger partial charge in [0.25, 0.3) is 0 Å². The summed E-state index contributed by atoms with van der Waals surface area (Å²) in [5, 5.41) is 11.2. The van der Waals surface area contributed by atoms with Gasteiger partial charge in [0.05, 0.1) is 5.25 Å². The Hall–Kier alpha value is -3.06. The van der Waals surface area contributed by atoms with E-state index in [1.807, 2.05) is 42.2 Å². The number of aliphatic carboxylic acids is 1. The molecule has 7 heteroatoms. The molecule has 0 aromatic heterocycles. The number of benzene rings is 2. The van der Waals surface area contributed by atoms with E-state index in [0.29, 0.717) is 12.2 Å². The first kappa shape index (κ1) is 20.7. The van der Waals surface area contributed by atoms with Gasteiger partial charge in [0, 0.05) is 34.5 Å². The molecule has 1 aliphatic rings. The number of carbonyl (C=O) groups is 3. The topological polar surface area (TPSA) is 86.7 Å². The van der Waals surface area contributed by atoms with Crippen LogP contribution in [-0.4, -0.2) is 34.7 Å². The molecular weight excluding hydrogens is 388 g/mol. The summed E-state index contributed by atoms with van der Waals surface area (Å²) in [6, 6.07) is 15.1. The Bertz CT molecular complexity index is 969. The summed E-state index contributed by atoms with van der Waals surface area (Å²) in [5.74, 6) is -1.56. The van der Waals surface area contributed by atoms with Crippen LogP contribution in [0.3, 0.4) is 0 Å². The van der Waals surface area contributed by atoms with Crippen molar-refractivity contribution in [3.63, 3.8) is 0 Å².